The van der Waals surface area contributed by atoms with Crippen LogP contribution in [0.3, 0.4) is 0 Å². The van der Waals surface area contributed by atoms with Crippen molar-refractivity contribution in [2.24, 2.45) is 0 Å². The predicted molar refractivity (Wildman–Crippen MR) is 217 cm³/mol. The van der Waals surface area contributed by atoms with E-state index < -0.39 is 0 Å². The molecule has 1 aromatic heterocycles. The summed E-state index contributed by atoms with van der Waals surface area (Å²) >= 11 is 1.80. The van der Waals surface area contributed by atoms with Gasteiger partial charge in [-0.05, 0) is 99.8 Å². The van der Waals surface area contributed by atoms with Crippen LogP contribution in [0.15, 0.2) is 156 Å². The van der Waals surface area contributed by atoms with Crippen LogP contribution in [0.5, 0.6) is 0 Å². The second-order valence-electron chi connectivity index (χ2n) is 15.5. The summed E-state index contributed by atoms with van der Waals surface area (Å²) in [6, 6.07) is 46.6. The Balaban J connectivity index is 1.22. The van der Waals surface area contributed by atoms with Gasteiger partial charge < -0.3 is 9.80 Å². The van der Waals surface area contributed by atoms with Gasteiger partial charge in [0.2, 0.25) is 0 Å². The fourth-order valence-electron chi connectivity index (χ4n) is 6.97. The van der Waals surface area contributed by atoms with Crippen LogP contribution in [-0.4, -0.2) is 11.7 Å². The number of nitrogens with zero attached hydrogens (tertiary/aromatic N) is 4. The van der Waals surface area contributed by atoms with Gasteiger partial charge in [-0.25, -0.2) is 4.98 Å². The van der Waals surface area contributed by atoms with E-state index in [1.807, 2.05) is 6.20 Å². The SMILES string of the molecule is CC(C)(C)c1ccnc(N2c3ccc(C(C)(C)C)cc3-c3ccccc3-c3ccc(Sc4cccc(N5C=CN(c6ccccc6)C5)c4)cc32)c1. The highest BCUT2D eigenvalue weighted by Gasteiger charge is 2.29. The zero-order chi connectivity index (χ0) is 35.3. The molecule has 5 aromatic carbocycles. The minimum absolute atomic E-state index is 0.0143. The Morgan fingerprint density at radius 1 is 0.510 bits per heavy atom. The molecule has 2 aliphatic rings. The Bertz CT molecular complexity index is 2260. The molecular formula is C46H44N4S. The Morgan fingerprint density at radius 2 is 1.16 bits per heavy atom. The molecule has 5 heteroatoms. The molecule has 4 nitrogen and oxygen atoms in total. The molecule has 0 saturated heterocycles. The normalized spacial score (nSPS) is 13.9. The monoisotopic (exact) mass is 684 g/mol. The van der Waals surface area contributed by atoms with E-state index in [0.29, 0.717) is 0 Å². The number of pyridine rings is 1. The molecule has 2 aliphatic heterocycles. The van der Waals surface area contributed by atoms with E-state index in [1.54, 1.807) is 11.8 Å². The Labute approximate surface area is 307 Å². The van der Waals surface area contributed by atoms with E-state index >= 15 is 0 Å². The van der Waals surface area contributed by atoms with Crippen LogP contribution in [0.25, 0.3) is 22.3 Å². The number of anilines is 5. The fraction of sp³-hybridized carbons (Fsp3) is 0.196. The summed E-state index contributed by atoms with van der Waals surface area (Å²) in [6.45, 7) is 14.4. The summed E-state index contributed by atoms with van der Waals surface area (Å²) < 4.78 is 0. The number of fused-ring (bicyclic) bond motifs is 5. The number of rotatable bonds is 5. The van der Waals surface area contributed by atoms with Crippen molar-refractivity contribution in [3.05, 3.63) is 157 Å². The summed E-state index contributed by atoms with van der Waals surface area (Å²) in [5.41, 5.74) is 12.1. The molecule has 0 saturated carbocycles. The second kappa shape index (κ2) is 12.8. The Morgan fingerprint density at radius 3 is 1.90 bits per heavy atom. The number of aromatic nitrogens is 1. The van der Waals surface area contributed by atoms with Crippen molar-refractivity contribution in [3.63, 3.8) is 0 Å². The minimum atomic E-state index is -0.0143. The number of benzene rings is 5. The van der Waals surface area contributed by atoms with Gasteiger partial charge in [0.05, 0.1) is 18.0 Å². The van der Waals surface area contributed by atoms with E-state index in [0.717, 1.165) is 23.9 Å². The highest BCUT2D eigenvalue weighted by Crippen LogP contribution is 2.52. The third-order valence-corrected chi connectivity index (χ3v) is 10.8. The molecule has 0 amide bonds. The molecule has 254 valence electrons. The number of para-hydroxylation sites is 1. The lowest BCUT2D eigenvalue weighted by molar-refractivity contribution is 0.589. The van der Waals surface area contributed by atoms with E-state index in [4.69, 9.17) is 4.98 Å². The maximum Gasteiger partial charge on any atom is 0.137 e. The molecule has 8 rings (SSSR count). The van der Waals surface area contributed by atoms with Gasteiger partial charge in [0, 0.05) is 50.9 Å². The van der Waals surface area contributed by atoms with Gasteiger partial charge in [0.25, 0.3) is 0 Å². The largest absolute Gasteiger partial charge is 0.328 e. The molecule has 0 N–H and O–H groups in total. The topological polar surface area (TPSA) is 22.6 Å². The predicted octanol–water partition coefficient (Wildman–Crippen LogP) is 12.7. The highest BCUT2D eigenvalue weighted by atomic mass is 32.2. The summed E-state index contributed by atoms with van der Waals surface area (Å²) in [6.07, 6.45) is 6.28. The van der Waals surface area contributed by atoms with Crippen molar-refractivity contribution in [1.82, 2.24) is 4.98 Å². The molecular weight excluding hydrogens is 641 g/mol. The van der Waals surface area contributed by atoms with Gasteiger partial charge >= 0.3 is 0 Å². The quantitative estimate of drug-likeness (QED) is 0.179. The maximum absolute atomic E-state index is 5.05. The molecule has 6 aromatic rings. The van der Waals surface area contributed by atoms with Crippen LogP contribution >= 0.6 is 11.8 Å². The lowest BCUT2D eigenvalue weighted by Crippen LogP contribution is -2.24. The van der Waals surface area contributed by atoms with Crippen LogP contribution in [0.2, 0.25) is 0 Å². The van der Waals surface area contributed by atoms with E-state index in [-0.39, 0.29) is 10.8 Å². The van der Waals surface area contributed by atoms with Crippen molar-refractivity contribution < 1.29 is 0 Å². The summed E-state index contributed by atoms with van der Waals surface area (Å²) in [7, 11) is 0. The summed E-state index contributed by atoms with van der Waals surface area (Å²) in [4.78, 5) is 14.4. The lowest BCUT2D eigenvalue weighted by Gasteiger charge is -2.29. The second-order valence-corrected chi connectivity index (χ2v) is 16.7. The molecule has 0 bridgehead atoms. The lowest BCUT2D eigenvalue weighted by atomic mass is 9.84. The standard InChI is InChI=1S/C46H44N4S/c1-45(2,3)32-19-22-42-41(27-32)39-18-11-10-17-38(39)40-21-20-37(30-43(40)50(42)44-28-33(23-24-47-44)46(4,5)6)51-36-16-12-15-35(29-36)49-26-25-48(31-49)34-13-8-7-9-14-34/h7-30H,31H2,1-6H3. The zero-order valence-electron chi connectivity index (χ0n) is 30.3. The average Bonchev–Trinajstić information content (AvgIpc) is 3.59. The number of hydrogen-bond acceptors (Lipinski definition) is 5. The first-order valence-electron chi connectivity index (χ1n) is 17.7. The van der Waals surface area contributed by atoms with Gasteiger partial charge in [-0.1, -0.05) is 114 Å². The van der Waals surface area contributed by atoms with E-state index in [9.17, 15) is 0 Å². The first kappa shape index (κ1) is 32.9. The van der Waals surface area contributed by atoms with Gasteiger partial charge in [0.15, 0.2) is 0 Å². The Hall–Kier alpha value is -5.26. The molecule has 0 aliphatic carbocycles. The third-order valence-electron chi connectivity index (χ3n) is 9.87. The fourth-order valence-corrected chi connectivity index (χ4v) is 7.88. The molecule has 0 atom stereocenters. The summed E-state index contributed by atoms with van der Waals surface area (Å²) in [5, 5.41) is 0. The average molecular weight is 685 g/mol. The van der Waals surface area contributed by atoms with E-state index in [1.165, 1.54) is 54.5 Å². The van der Waals surface area contributed by atoms with Crippen molar-refractivity contribution >= 4 is 40.3 Å². The smallest absolute Gasteiger partial charge is 0.137 e. The highest BCUT2D eigenvalue weighted by molar-refractivity contribution is 7.99. The third kappa shape index (κ3) is 6.43. The van der Waals surface area contributed by atoms with Crippen molar-refractivity contribution in [3.8, 4) is 22.3 Å². The van der Waals surface area contributed by atoms with Crippen molar-refractivity contribution in [1.29, 1.82) is 0 Å². The Kier molecular flexibility index (Phi) is 8.27. The molecule has 0 radical (unpaired) electrons. The van der Waals surface area contributed by atoms with Gasteiger partial charge in [0.1, 0.15) is 5.82 Å². The van der Waals surface area contributed by atoms with Crippen LogP contribution < -0.4 is 14.7 Å². The van der Waals surface area contributed by atoms with Crippen molar-refractivity contribution in [2.75, 3.05) is 21.4 Å². The van der Waals surface area contributed by atoms with Crippen LogP contribution in [0, 0.1) is 0 Å². The first-order chi connectivity index (χ1) is 24.5. The molecule has 0 fully saturated rings. The van der Waals surface area contributed by atoms with Crippen LogP contribution in [0.1, 0.15) is 52.7 Å². The molecule has 3 heterocycles. The van der Waals surface area contributed by atoms with Crippen molar-refractivity contribution in [2.45, 2.75) is 62.2 Å². The van der Waals surface area contributed by atoms with Crippen LogP contribution in [-0.2, 0) is 10.8 Å². The maximum atomic E-state index is 5.05. The van der Waals surface area contributed by atoms with E-state index in [2.05, 4.69) is 196 Å². The molecule has 0 unspecified atom stereocenters. The zero-order valence-corrected chi connectivity index (χ0v) is 31.1. The first-order valence-corrected chi connectivity index (χ1v) is 18.5. The van der Waals surface area contributed by atoms with Gasteiger partial charge in [-0.2, -0.15) is 0 Å². The van der Waals surface area contributed by atoms with Crippen LogP contribution in [0.4, 0.5) is 28.6 Å². The molecule has 0 spiro atoms. The number of hydrogen-bond donors (Lipinski definition) is 0. The van der Waals surface area contributed by atoms with Gasteiger partial charge in [-0.15, -0.1) is 0 Å². The summed E-state index contributed by atoms with van der Waals surface area (Å²) in [5.74, 6) is 0.925. The minimum Gasteiger partial charge on any atom is -0.328 e. The molecule has 51 heavy (non-hydrogen) atoms. The van der Waals surface area contributed by atoms with Gasteiger partial charge in [-0.3, -0.25) is 4.90 Å².